The number of nitrogens with zero attached hydrogens (tertiary/aromatic N) is 2. The lowest BCUT2D eigenvalue weighted by molar-refractivity contribution is 0.00846. The van der Waals surface area contributed by atoms with Gasteiger partial charge >= 0.3 is 0 Å². The predicted octanol–water partition coefficient (Wildman–Crippen LogP) is 2.50. The second-order valence-electron chi connectivity index (χ2n) is 5.94. The van der Waals surface area contributed by atoms with Gasteiger partial charge in [-0.1, -0.05) is 22.0 Å². The van der Waals surface area contributed by atoms with E-state index in [2.05, 4.69) is 31.8 Å². The van der Waals surface area contributed by atoms with Crippen LogP contribution in [-0.2, 0) is 6.54 Å². The second kappa shape index (κ2) is 4.32. The van der Waals surface area contributed by atoms with Gasteiger partial charge in [0.15, 0.2) is 0 Å². The highest BCUT2D eigenvalue weighted by Gasteiger charge is 2.42. The Hall–Kier alpha value is -0.870. The van der Waals surface area contributed by atoms with E-state index in [0.29, 0.717) is 12.0 Å². The van der Waals surface area contributed by atoms with E-state index in [4.69, 9.17) is 0 Å². The maximum atomic E-state index is 12.6. The molecule has 4 aliphatic heterocycles. The average molecular weight is 321 g/mol. The summed E-state index contributed by atoms with van der Waals surface area (Å²) in [6, 6.07) is 6.52. The number of rotatable bonds is 1. The van der Waals surface area contributed by atoms with Crippen molar-refractivity contribution in [3.63, 3.8) is 0 Å². The fourth-order valence-corrected chi connectivity index (χ4v) is 4.21. The Kier molecular flexibility index (Phi) is 2.71. The summed E-state index contributed by atoms with van der Waals surface area (Å²) in [5.74, 6) is 0.946. The lowest BCUT2D eigenvalue weighted by atomic mass is 9.83. The number of hydrogen-bond acceptors (Lipinski definition) is 2. The van der Waals surface area contributed by atoms with Crippen LogP contribution in [-0.4, -0.2) is 41.4 Å². The molecule has 0 aromatic heterocycles. The lowest BCUT2D eigenvalue weighted by Crippen LogP contribution is -2.57. The van der Waals surface area contributed by atoms with E-state index in [1.807, 2.05) is 12.1 Å². The molecule has 3 fully saturated rings. The van der Waals surface area contributed by atoms with Crippen LogP contribution in [0.2, 0.25) is 0 Å². The summed E-state index contributed by atoms with van der Waals surface area (Å²) in [6.45, 7) is 4.32. The highest BCUT2D eigenvalue weighted by Crippen LogP contribution is 2.35. The zero-order valence-electron chi connectivity index (χ0n) is 10.8. The van der Waals surface area contributed by atoms with Gasteiger partial charge in [0.25, 0.3) is 5.91 Å². The number of carbonyl (C=O) groups is 1. The maximum absolute atomic E-state index is 12.6. The molecule has 2 bridgehead atoms. The van der Waals surface area contributed by atoms with Gasteiger partial charge in [0.1, 0.15) is 0 Å². The highest BCUT2D eigenvalue weighted by molar-refractivity contribution is 9.10. The Morgan fingerprint density at radius 2 is 2.00 bits per heavy atom. The summed E-state index contributed by atoms with van der Waals surface area (Å²) >= 11 is 3.46. The summed E-state index contributed by atoms with van der Waals surface area (Å²) in [5.41, 5.74) is 2.08. The molecule has 4 heterocycles. The van der Waals surface area contributed by atoms with Gasteiger partial charge in [0.05, 0.1) is 0 Å². The number of benzene rings is 1. The number of amides is 1. The number of halogens is 1. The van der Waals surface area contributed by atoms with Crippen LogP contribution in [0.25, 0.3) is 0 Å². The van der Waals surface area contributed by atoms with Gasteiger partial charge in [-0.2, -0.15) is 0 Å². The summed E-state index contributed by atoms with van der Waals surface area (Å²) in [5, 5.41) is 0. The number of hydrogen-bond donors (Lipinski definition) is 0. The fourth-order valence-electron chi connectivity index (χ4n) is 3.85. The molecule has 3 nitrogen and oxygen atoms in total. The normalized spacial score (nSPS) is 32.8. The van der Waals surface area contributed by atoms with Crippen LogP contribution in [0.3, 0.4) is 0 Å². The minimum atomic E-state index is 0.232. The highest BCUT2D eigenvalue weighted by atomic mass is 79.9. The van der Waals surface area contributed by atoms with Crippen molar-refractivity contribution in [3.05, 3.63) is 33.8 Å². The summed E-state index contributed by atoms with van der Waals surface area (Å²) in [4.78, 5) is 17.2. The molecule has 3 saturated heterocycles. The predicted molar refractivity (Wildman–Crippen MR) is 77.0 cm³/mol. The molecular weight excluding hydrogens is 304 g/mol. The first-order chi connectivity index (χ1) is 9.22. The quantitative estimate of drug-likeness (QED) is 0.793. The molecule has 1 atom stereocenters. The molecule has 0 unspecified atom stereocenters. The molecule has 5 rings (SSSR count). The number of fused-ring (bicyclic) bond motifs is 4. The summed E-state index contributed by atoms with van der Waals surface area (Å²) in [7, 11) is 0. The van der Waals surface area contributed by atoms with E-state index in [1.54, 1.807) is 0 Å². The molecule has 4 heteroatoms. The van der Waals surface area contributed by atoms with Crippen LogP contribution in [0, 0.1) is 5.92 Å². The van der Waals surface area contributed by atoms with Gasteiger partial charge in [-0.15, -0.1) is 0 Å². The zero-order chi connectivity index (χ0) is 13.0. The first kappa shape index (κ1) is 11.9. The molecule has 1 aromatic rings. The third-order valence-electron chi connectivity index (χ3n) is 4.93. The molecule has 0 N–H and O–H groups in total. The number of carbonyl (C=O) groups excluding carboxylic acids is 1. The summed E-state index contributed by atoms with van der Waals surface area (Å²) < 4.78 is 0.996. The van der Waals surface area contributed by atoms with Crippen molar-refractivity contribution in [1.82, 2.24) is 9.80 Å². The Morgan fingerprint density at radius 3 is 2.68 bits per heavy atom. The Morgan fingerprint density at radius 1 is 1.21 bits per heavy atom. The van der Waals surface area contributed by atoms with Gasteiger partial charge < -0.3 is 9.80 Å². The van der Waals surface area contributed by atoms with Crippen molar-refractivity contribution in [2.45, 2.75) is 25.4 Å². The Bertz CT molecular complexity index is 537. The van der Waals surface area contributed by atoms with E-state index in [0.717, 1.165) is 23.1 Å². The van der Waals surface area contributed by atoms with E-state index >= 15 is 0 Å². The molecule has 0 aliphatic carbocycles. The molecule has 4 aliphatic rings. The number of piperidine rings is 3. The molecular formula is C15H17BrN2O. The molecule has 0 radical (unpaired) electrons. The van der Waals surface area contributed by atoms with Gasteiger partial charge in [-0.05, 0) is 49.5 Å². The molecule has 1 amide bonds. The summed E-state index contributed by atoms with van der Waals surface area (Å²) in [6.07, 6.45) is 2.52. The zero-order valence-corrected chi connectivity index (χ0v) is 12.4. The third-order valence-corrected chi connectivity index (χ3v) is 5.42. The topological polar surface area (TPSA) is 23.6 Å². The van der Waals surface area contributed by atoms with Crippen molar-refractivity contribution in [3.8, 4) is 0 Å². The molecule has 1 aromatic carbocycles. The maximum Gasteiger partial charge on any atom is 0.254 e. The van der Waals surface area contributed by atoms with Gasteiger partial charge in [0, 0.05) is 29.2 Å². The molecule has 0 spiro atoms. The standard InChI is InChI=1S/C15H17BrN2O/c16-12-2-1-11-8-18(15(19)13(11)7-12)14-9-17-5-3-10(14)4-6-17/h1-2,7,10,14H,3-6,8-9H2/t14-/m0/s1. The largest absolute Gasteiger partial charge is 0.330 e. The van der Waals surface area contributed by atoms with Crippen LogP contribution in [0.1, 0.15) is 28.8 Å². The average Bonchev–Trinajstić information content (AvgIpc) is 2.77. The molecule has 0 saturated carbocycles. The third kappa shape index (κ3) is 1.84. The van der Waals surface area contributed by atoms with E-state index in [-0.39, 0.29) is 5.91 Å². The molecule has 100 valence electrons. The first-order valence-corrected chi connectivity index (χ1v) is 7.83. The first-order valence-electron chi connectivity index (χ1n) is 7.04. The minimum Gasteiger partial charge on any atom is -0.330 e. The van der Waals surface area contributed by atoms with Crippen LogP contribution in [0.5, 0.6) is 0 Å². The minimum absolute atomic E-state index is 0.232. The van der Waals surface area contributed by atoms with Crippen molar-refractivity contribution in [2.24, 2.45) is 5.92 Å². The van der Waals surface area contributed by atoms with Gasteiger partial charge in [0.2, 0.25) is 0 Å². The van der Waals surface area contributed by atoms with Crippen molar-refractivity contribution >= 4 is 21.8 Å². The fraction of sp³-hybridized carbons (Fsp3) is 0.533. The van der Waals surface area contributed by atoms with Crippen molar-refractivity contribution < 1.29 is 4.79 Å². The van der Waals surface area contributed by atoms with Crippen molar-refractivity contribution in [2.75, 3.05) is 19.6 Å². The van der Waals surface area contributed by atoms with E-state index in [9.17, 15) is 4.79 Å². The van der Waals surface area contributed by atoms with Crippen LogP contribution in [0.15, 0.2) is 22.7 Å². The lowest BCUT2D eigenvalue weighted by Gasteiger charge is -2.48. The van der Waals surface area contributed by atoms with Crippen LogP contribution in [0.4, 0.5) is 0 Å². The molecule has 19 heavy (non-hydrogen) atoms. The van der Waals surface area contributed by atoms with Crippen molar-refractivity contribution in [1.29, 1.82) is 0 Å². The van der Waals surface area contributed by atoms with Crippen LogP contribution < -0.4 is 0 Å². The van der Waals surface area contributed by atoms with E-state index < -0.39 is 0 Å². The van der Waals surface area contributed by atoms with E-state index in [1.165, 1.54) is 31.5 Å². The Labute approximate surface area is 121 Å². The smallest absolute Gasteiger partial charge is 0.254 e. The second-order valence-corrected chi connectivity index (χ2v) is 6.86. The Balaban J connectivity index is 1.63. The van der Waals surface area contributed by atoms with Gasteiger partial charge in [-0.25, -0.2) is 0 Å². The monoisotopic (exact) mass is 320 g/mol. The van der Waals surface area contributed by atoms with Crippen LogP contribution >= 0.6 is 15.9 Å². The van der Waals surface area contributed by atoms with Gasteiger partial charge in [-0.3, -0.25) is 4.79 Å². The SMILES string of the molecule is O=C1c2cc(Br)ccc2CN1[C@H]1CN2CCC1CC2.